The average Bonchev–Trinajstić information content (AvgIpc) is 2.82. The summed E-state index contributed by atoms with van der Waals surface area (Å²) in [6.45, 7) is 1.16. The maximum atomic E-state index is 6.06. The summed E-state index contributed by atoms with van der Waals surface area (Å²) in [5, 5.41) is 7.51. The minimum Gasteiger partial charge on any atom is -0.481 e. The maximum Gasteiger partial charge on any atom is 0.213 e. The van der Waals surface area contributed by atoms with Crippen LogP contribution in [-0.2, 0) is 20.1 Å². The van der Waals surface area contributed by atoms with Gasteiger partial charge in [-0.15, -0.1) is 0 Å². The second kappa shape index (κ2) is 8.08. The quantitative estimate of drug-likeness (QED) is 0.639. The van der Waals surface area contributed by atoms with Gasteiger partial charge in [-0.25, -0.2) is 4.98 Å². The number of ether oxygens (including phenoxy) is 1. The molecule has 0 unspecified atom stereocenters. The molecule has 0 aliphatic rings. The van der Waals surface area contributed by atoms with Crippen LogP contribution in [0.2, 0.25) is 10.2 Å². The number of rotatable bonds is 5. The Morgan fingerprint density at radius 3 is 2.65 bits per heavy atom. The summed E-state index contributed by atoms with van der Waals surface area (Å²) in [4.78, 5) is 8.27. The minimum atomic E-state index is 0.523. The molecule has 124 valence electrons. The number of methoxy groups -OCH3 is 1. The molecule has 8 heteroatoms. The van der Waals surface area contributed by atoms with Crippen LogP contribution in [0.5, 0.6) is 5.88 Å². The topological polar surface area (TPSA) is 63.5 Å². The van der Waals surface area contributed by atoms with Crippen LogP contribution in [0.3, 0.4) is 0 Å². The third-order valence-electron chi connectivity index (χ3n) is 3.34. The summed E-state index contributed by atoms with van der Waals surface area (Å²) in [5.41, 5.74) is 2.01. The minimum absolute atomic E-state index is 0.523. The van der Waals surface area contributed by atoms with Crippen LogP contribution < -0.4 is 15.4 Å². The number of pyridine rings is 1. The van der Waals surface area contributed by atoms with E-state index in [1.165, 1.54) is 0 Å². The van der Waals surface area contributed by atoms with Crippen molar-refractivity contribution in [2.75, 3.05) is 14.2 Å². The van der Waals surface area contributed by atoms with Crippen molar-refractivity contribution in [2.45, 2.75) is 13.1 Å². The highest BCUT2D eigenvalue weighted by atomic mass is 35.5. The molecule has 2 heterocycles. The van der Waals surface area contributed by atoms with Crippen LogP contribution in [-0.4, -0.2) is 29.7 Å². The van der Waals surface area contributed by atoms with Crippen molar-refractivity contribution in [1.82, 2.24) is 20.2 Å². The summed E-state index contributed by atoms with van der Waals surface area (Å²) in [6.07, 6.45) is 1.71. The zero-order valence-electron chi connectivity index (χ0n) is 13.2. The van der Waals surface area contributed by atoms with E-state index in [9.17, 15) is 0 Å². The van der Waals surface area contributed by atoms with Gasteiger partial charge in [-0.05, 0) is 17.7 Å². The summed E-state index contributed by atoms with van der Waals surface area (Å²) in [6, 6.07) is 5.62. The van der Waals surface area contributed by atoms with Gasteiger partial charge in [-0.1, -0.05) is 23.2 Å². The number of aliphatic imine (C=N–C) groups is 1. The van der Waals surface area contributed by atoms with Gasteiger partial charge in [-0.2, -0.15) is 0 Å². The Hall–Kier alpha value is -1.92. The van der Waals surface area contributed by atoms with E-state index in [4.69, 9.17) is 27.9 Å². The van der Waals surface area contributed by atoms with Gasteiger partial charge in [0.05, 0.1) is 18.7 Å². The number of nitrogens with one attached hydrogen (secondary N) is 2. The van der Waals surface area contributed by atoms with Crippen molar-refractivity contribution in [2.24, 2.45) is 12.0 Å². The first kappa shape index (κ1) is 17.4. The molecular weight excluding hydrogens is 337 g/mol. The largest absolute Gasteiger partial charge is 0.481 e. The fourth-order valence-corrected chi connectivity index (χ4v) is 2.43. The summed E-state index contributed by atoms with van der Waals surface area (Å²) < 4.78 is 6.94. The predicted molar refractivity (Wildman–Crippen MR) is 93.3 cm³/mol. The van der Waals surface area contributed by atoms with E-state index >= 15 is 0 Å². The maximum absolute atomic E-state index is 6.06. The van der Waals surface area contributed by atoms with Crippen molar-refractivity contribution in [1.29, 1.82) is 0 Å². The Morgan fingerprint density at radius 2 is 2.04 bits per heavy atom. The lowest BCUT2D eigenvalue weighted by molar-refractivity contribution is 0.397. The summed E-state index contributed by atoms with van der Waals surface area (Å²) >= 11 is 12.1. The van der Waals surface area contributed by atoms with Gasteiger partial charge in [0, 0.05) is 38.6 Å². The molecule has 0 aliphatic carbocycles. The molecule has 0 amide bonds. The molecule has 0 aliphatic heterocycles. The number of halogens is 2. The standard InChI is InChI=1S/C15H19Cl2N5O/c1-18-15(20-8-10-4-5-19-13(6-10)23-3)21-9-11-7-12(16)14(17)22(11)2/h4-7H,8-9H2,1-3H3,(H2,18,20,21). The van der Waals surface area contributed by atoms with Gasteiger partial charge in [0.15, 0.2) is 5.96 Å². The van der Waals surface area contributed by atoms with Gasteiger partial charge in [0.25, 0.3) is 0 Å². The van der Waals surface area contributed by atoms with Crippen LogP contribution in [0.15, 0.2) is 29.4 Å². The SMILES string of the molecule is CN=C(NCc1ccnc(OC)c1)NCc1cc(Cl)c(Cl)n1C. The van der Waals surface area contributed by atoms with Crippen LogP contribution >= 0.6 is 23.2 Å². The molecule has 0 aromatic carbocycles. The van der Waals surface area contributed by atoms with E-state index in [0.29, 0.717) is 35.1 Å². The van der Waals surface area contributed by atoms with Crippen molar-refractivity contribution in [3.05, 3.63) is 45.8 Å². The molecule has 0 fully saturated rings. The molecule has 2 N–H and O–H groups in total. The molecule has 2 aromatic rings. The normalized spacial score (nSPS) is 11.4. The van der Waals surface area contributed by atoms with Crippen molar-refractivity contribution < 1.29 is 4.74 Å². The molecule has 0 spiro atoms. The second-order valence-electron chi connectivity index (χ2n) is 4.82. The molecule has 0 saturated heterocycles. The van der Waals surface area contributed by atoms with Gasteiger partial charge < -0.3 is 19.9 Å². The fraction of sp³-hybridized carbons (Fsp3) is 0.333. The van der Waals surface area contributed by atoms with E-state index in [0.717, 1.165) is 11.3 Å². The van der Waals surface area contributed by atoms with Crippen LogP contribution in [0.1, 0.15) is 11.3 Å². The molecule has 6 nitrogen and oxygen atoms in total. The number of aromatic nitrogens is 2. The van der Waals surface area contributed by atoms with Crippen LogP contribution in [0.25, 0.3) is 0 Å². The van der Waals surface area contributed by atoms with E-state index in [2.05, 4.69) is 20.6 Å². The van der Waals surface area contributed by atoms with Gasteiger partial charge in [-0.3, -0.25) is 4.99 Å². The number of hydrogen-bond acceptors (Lipinski definition) is 3. The Morgan fingerprint density at radius 1 is 1.30 bits per heavy atom. The van der Waals surface area contributed by atoms with E-state index in [1.54, 1.807) is 20.4 Å². The van der Waals surface area contributed by atoms with Crippen LogP contribution in [0.4, 0.5) is 0 Å². The first-order valence-electron chi connectivity index (χ1n) is 6.98. The lowest BCUT2D eigenvalue weighted by Crippen LogP contribution is -2.36. The van der Waals surface area contributed by atoms with E-state index in [-0.39, 0.29) is 0 Å². The predicted octanol–water partition coefficient (Wildman–Crippen LogP) is 2.60. The fourth-order valence-electron chi connectivity index (χ4n) is 2.01. The second-order valence-corrected chi connectivity index (χ2v) is 5.58. The van der Waals surface area contributed by atoms with E-state index < -0.39 is 0 Å². The van der Waals surface area contributed by atoms with Crippen molar-refractivity contribution in [3.8, 4) is 5.88 Å². The highest BCUT2D eigenvalue weighted by Crippen LogP contribution is 2.24. The summed E-state index contributed by atoms with van der Waals surface area (Å²) in [5.74, 6) is 1.26. The first-order valence-corrected chi connectivity index (χ1v) is 7.73. The summed E-state index contributed by atoms with van der Waals surface area (Å²) in [7, 11) is 5.17. The first-order chi connectivity index (χ1) is 11.0. The Bertz CT molecular complexity index is 699. The smallest absolute Gasteiger partial charge is 0.213 e. The number of hydrogen-bond donors (Lipinski definition) is 2. The highest BCUT2D eigenvalue weighted by molar-refractivity contribution is 6.41. The molecule has 2 aromatic heterocycles. The Balaban J connectivity index is 1.91. The number of nitrogens with zero attached hydrogens (tertiary/aromatic N) is 3. The lowest BCUT2D eigenvalue weighted by atomic mass is 10.2. The van der Waals surface area contributed by atoms with Crippen LogP contribution in [0, 0.1) is 0 Å². The lowest BCUT2D eigenvalue weighted by Gasteiger charge is -2.13. The Labute approximate surface area is 145 Å². The average molecular weight is 356 g/mol. The van der Waals surface area contributed by atoms with Crippen molar-refractivity contribution in [3.63, 3.8) is 0 Å². The van der Waals surface area contributed by atoms with Gasteiger partial charge in [0.2, 0.25) is 5.88 Å². The molecule has 0 saturated carbocycles. The monoisotopic (exact) mass is 355 g/mol. The van der Waals surface area contributed by atoms with Gasteiger partial charge in [0.1, 0.15) is 5.15 Å². The highest BCUT2D eigenvalue weighted by Gasteiger charge is 2.09. The third-order valence-corrected chi connectivity index (χ3v) is 4.19. The third kappa shape index (κ3) is 4.53. The zero-order valence-corrected chi connectivity index (χ0v) is 14.7. The van der Waals surface area contributed by atoms with E-state index in [1.807, 2.05) is 29.8 Å². The number of guanidine groups is 1. The Kier molecular flexibility index (Phi) is 6.12. The van der Waals surface area contributed by atoms with Gasteiger partial charge >= 0.3 is 0 Å². The molecule has 0 bridgehead atoms. The molecule has 0 atom stereocenters. The molecular formula is C15H19Cl2N5O. The van der Waals surface area contributed by atoms with Crippen molar-refractivity contribution >= 4 is 29.2 Å². The molecule has 23 heavy (non-hydrogen) atoms. The molecule has 2 rings (SSSR count). The molecule has 0 radical (unpaired) electrons. The zero-order chi connectivity index (χ0) is 16.8.